The number of anilines is 2. The second-order valence-electron chi connectivity index (χ2n) is 7.79. The summed E-state index contributed by atoms with van der Waals surface area (Å²) in [6.45, 7) is 1.87. The van der Waals surface area contributed by atoms with E-state index in [-0.39, 0.29) is 17.9 Å². The van der Waals surface area contributed by atoms with E-state index >= 15 is 0 Å². The summed E-state index contributed by atoms with van der Waals surface area (Å²) in [4.78, 5) is 12.7. The number of benzene rings is 2. The number of aryl methyl sites for hydroxylation is 1. The molecular formula is C23H23F3N4O3. The van der Waals surface area contributed by atoms with Gasteiger partial charge < -0.3 is 20.1 Å². The highest BCUT2D eigenvalue weighted by Gasteiger charge is 2.47. The highest BCUT2D eigenvalue weighted by molar-refractivity contribution is 6.03. The molecule has 2 N–H and O–H groups in total. The van der Waals surface area contributed by atoms with Gasteiger partial charge in [0.25, 0.3) is 5.91 Å². The van der Waals surface area contributed by atoms with Crippen molar-refractivity contribution in [3.8, 4) is 11.5 Å². The van der Waals surface area contributed by atoms with Gasteiger partial charge in [-0.15, -0.1) is 0 Å². The van der Waals surface area contributed by atoms with Gasteiger partial charge in [-0.2, -0.15) is 18.3 Å². The number of methoxy groups -OCH3 is 2. The van der Waals surface area contributed by atoms with Crippen LogP contribution in [0.25, 0.3) is 0 Å². The number of alkyl halides is 3. The van der Waals surface area contributed by atoms with Crippen LogP contribution in [0.2, 0.25) is 0 Å². The first-order chi connectivity index (χ1) is 15.7. The Morgan fingerprint density at radius 2 is 1.88 bits per heavy atom. The van der Waals surface area contributed by atoms with Gasteiger partial charge in [-0.1, -0.05) is 18.2 Å². The average molecular weight is 460 g/mol. The zero-order chi connectivity index (χ0) is 23.8. The summed E-state index contributed by atoms with van der Waals surface area (Å²) in [5.41, 5.74) is 1.96. The lowest BCUT2D eigenvalue weighted by molar-refractivity contribution is -0.173. The van der Waals surface area contributed by atoms with Crippen LogP contribution >= 0.6 is 0 Å². The molecular weight excluding hydrogens is 437 g/mol. The third kappa shape index (κ3) is 4.59. The number of amides is 1. The van der Waals surface area contributed by atoms with E-state index in [0.717, 1.165) is 10.2 Å². The van der Waals surface area contributed by atoms with Gasteiger partial charge in [0.05, 0.1) is 20.3 Å². The third-order valence-electron chi connectivity index (χ3n) is 5.51. The smallest absolute Gasteiger partial charge is 0.410 e. The largest absolute Gasteiger partial charge is 0.493 e. The predicted octanol–water partition coefficient (Wildman–Crippen LogP) is 5.12. The Balaban J connectivity index is 1.65. The van der Waals surface area contributed by atoms with Crippen molar-refractivity contribution in [2.75, 3.05) is 24.9 Å². The van der Waals surface area contributed by atoms with E-state index < -0.39 is 24.2 Å². The van der Waals surface area contributed by atoms with Crippen molar-refractivity contribution < 1.29 is 27.4 Å². The minimum Gasteiger partial charge on any atom is -0.493 e. The molecule has 1 aromatic heterocycles. The molecule has 2 atom stereocenters. The van der Waals surface area contributed by atoms with Crippen LogP contribution < -0.4 is 20.1 Å². The van der Waals surface area contributed by atoms with Gasteiger partial charge in [-0.3, -0.25) is 4.79 Å². The number of nitrogens with one attached hydrogen (secondary N) is 2. The molecule has 7 nitrogen and oxygen atoms in total. The quantitative estimate of drug-likeness (QED) is 0.553. The lowest BCUT2D eigenvalue weighted by Crippen LogP contribution is -2.35. The number of halogens is 3. The number of rotatable bonds is 5. The summed E-state index contributed by atoms with van der Waals surface area (Å²) in [6, 6.07) is 10.8. The Kier molecular flexibility index (Phi) is 5.92. The number of aromatic nitrogens is 2. The van der Waals surface area contributed by atoms with Crippen LogP contribution in [-0.2, 0) is 0 Å². The molecule has 33 heavy (non-hydrogen) atoms. The topological polar surface area (TPSA) is 77.4 Å². The van der Waals surface area contributed by atoms with E-state index in [1.54, 1.807) is 36.4 Å². The van der Waals surface area contributed by atoms with Crippen molar-refractivity contribution >= 4 is 17.4 Å². The van der Waals surface area contributed by atoms with Gasteiger partial charge in [-0.25, -0.2) is 4.68 Å². The highest BCUT2D eigenvalue weighted by Crippen LogP contribution is 2.44. The molecule has 1 aliphatic rings. The zero-order valence-electron chi connectivity index (χ0n) is 18.2. The second-order valence-corrected chi connectivity index (χ2v) is 7.79. The van der Waals surface area contributed by atoms with Crippen molar-refractivity contribution in [2.45, 2.75) is 31.6 Å². The minimum absolute atomic E-state index is 0.109. The minimum atomic E-state index is -4.55. The van der Waals surface area contributed by atoms with Gasteiger partial charge in [0, 0.05) is 18.2 Å². The van der Waals surface area contributed by atoms with Gasteiger partial charge in [0.1, 0.15) is 5.82 Å². The van der Waals surface area contributed by atoms with E-state index in [0.29, 0.717) is 22.7 Å². The van der Waals surface area contributed by atoms with Crippen molar-refractivity contribution in [1.29, 1.82) is 0 Å². The van der Waals surface area contributed by atoms with Crippen LogP contribution in [0.3, 0.4) is 0 Å². The number of hydrogen-bond acceptors (Lipinski definition) is 5. The van der Waals surface area contributed by atoms with Crippen molar-refractivity contribution in [3.63, 3.8) is 0 Å². The van der Waals surface area contributed by atoms with Gasteiger partial charge in [0.15, 0.2) is 23.2 Å². The fourth-order valence-electron chi connectivity index (χ4n) is 3.89. The second kappa shape index (κ2) is 8.68. The lowest BCUT2D eigenvalue weighted by Gasteiger charge is -2.33. The Morgan fingerprint density at radius 1 is 1.12 bits per heavy atom. The fourth-order valence-corrected chi connectivity index (χ4v) is 3.89. The summed E-state index contributed by atoms with van der Waals surface area (Å²) >= 11 is 0. The van der Waals surface area contributed by atoms with E-state index in [1.807, 2.05) is 13.0 Å². The molecule has 0 aliphatic carbocycles. The molecule has 0 spiro atoms. The normalized spacial score (nSPS) is 17.6. The maximum atomic E-state index is 13.9. The molecule has 0 bridgehead atoms. The summed E-state index contributed by atoms with van der Waals surface area (Å²) in [5.74, 6) is 0.410. The summed E-state index contributed by atoms with van der Waals surface area (Å²) in [6.07, 6.45) is -4.85. The Labute approximate surface area is 188 Å². The zero-order valence-corrected chi connectivity index (χ0v) is 18.2. The standard InChI is InChI=1S/C23H23F3N4O3/c1-13-5-4-6-15(9-13)27-22(31)17-12-21-28-16(11-20(23(24,25)26)30(21)29-17)14-7-8-18(32-2)19(10-14)33-3/h4-10,12,16,20,28H,11H2,1-3H3,(H,27,31)/t16-,20+/m1/s1. The predicted molar refractivity (Wildman–Crippen MR) is 117 cm³/mol. The first-order valence-electron chi connectivity index (χ1n) is 10.2. The van der Waals surface area contributed by atoms with Gasteiger partial charge in [0.2, 0.25) is 0 Å². The summed E-state index contributed by atoms with van der Waals surface area (Å²) in [7, 11) is 2.95. The SMILES string of the molecule is COc1ccc([C@H]2C[C@@H](C(F)(F)F)n3nc(C(=O)Nc4cccc(C)c4)cc3N2)cc1OC. The molecule has 1 aliphatic heterocycles. The molecule has 0 saturated heterocycles. The van der Waals surface area contributed by atoms with Crippen LogP contribution in [0.4, 0.5) is 24.7 Å². The first kappa shape index (κ1) is 22.5. The molecule has 4 rings (SSSR count). The van der Waals surface area contributed by atoms with Gasteiger partial charge in [-0.05, 0) is 42.3 Å². The maximum Gasteiger partial charge on any atom is 0.410 e. The average Bonchev–Trinajstić information content (AvgIpc) is 3.21. The number of ether oxygens (including phenoxy) is 2. The van der Waals surface area contributed by atoms with E-state index in [9.17, 15) is 18.0 Å². The van der Waals surface area contributed by atoms with Crippen molar-refractivity contribution in [1.82, 2.24) is 9.78 Å². The molecule has 1 amide bonds. The molecule has 174 valence electrons. The molecule has 0 radical (unpaired) electrons. The Hall–Kier alpha value is -3.69. The molecule has 0 fully saturated rings. The molecule has 2 heterocycles. The molecule has 3 aromatic rings. The summed E-state index contributed by atoms with van der Waals surface area (Å²) < 4.78 is 53.2. The molecule has 0 saturated carbocycles. The van der Waals surface area contributed by atoms with E-state index in [4.69, 9.17) is 9.47 Å². The number of carbonyl (C=O) groups excluding carboxylic acids is 1. The van der Waals surface area contributed by atoms with Crippen LogP contribution in [-0.4, -0.2) is 36.1 Å². The van der Waals surface area contributed by atoms with Crippen LogP contribution in [0.1, 0.15) is 40.1 Å². The number of carbonyl (C=O) groups is 1. The Morgan fingerprint density at radius 3 is 2.55 bits per heavy atom. The fraction of sp³-hybridized carbons (Fsp3) is 0.304. The molecule has 10 heteroatoms. The number of nitrogens with zero attached hydrogens (tertiary/aromatic N) is 2. The lowest BCUT2D eigenvalue weighted by atomic mass is 9.96. The highest BCUT2D eigenvalue weighted by atomic mass is 19.4. The maximum absolute atomic E-state index is 13.9. The molecule has 0 unspecified atom stereocenters. The first-order valence-corrected chi connectivity index (χ1v) is 10.2. The van der Waals surface area contributed by atoms with Crippen LogP contribution in [0.15, 0.2) is 48.5 Å². The van der Waals surface area contributed by atoms with E-state index in [2.05, 4.69) is 15.7 Å². The monoisotopic (exact) mass is 460 g/mol. The van der Waals surface area contributed by atoms with Crippen LogP contribution in [0.5, 0.6) is 11.5 Å². The van der Waals surface area contributed by atoms with Crippen molar-refractivity contribution in [2.24, 2.45) is 0 Å². The number of hydrogen-bond donors (Lipinski definition) is 2. The van der Waals surface area contributed by atoms with Crippen molar-refractivity contribution in [3.05, 3.63) is 65.4 Å². The van der Waals surface area contributed by atoms with Gasteiger partial charge >= 0.3 is 6.18 Å². The third-order valence-corrected chi connectivity index (χ3v) is 5.51. The number of fused-ring (bicyclic) bond motifs is 1. The molecule has 2 aromatic carbocycles. The summed E-state index contributed by atoms with van der Waals surface area (Å²) in [5, 5.41) is 9.74. The van der Waals surface area contributed by atoms with E-state index in [1.165, 1.54) is 20.3 Å². The Bertz CT molecular complexity index is 1180. The van der Waals surface area contributed by atoms with Crippen LogP contribution in [0, 0.1) is 6.92 Å².